The summed E-state index contributed by atoms with van der Waals surface area (Å²) in [6, 6.07) is 6.36. The molecule has 0 radical (unpaired) electrons. The second-order valence-electron chi connectivity index (χ2n) is 8.75. The lowest BCUT2D eigenvalue weighted by Crippen LogP contribution is -2.13. The topological polar surface area (TPSA) is 61.8 Å². The average molecular weight is 455 g/mol. The number of aliphatic imine (C=N–C) groups is 1. The third kappa shape index (κ3) is 4.74. The monoisotopic (exact) mass is 454 g/mol. The minimum absolute atomic E-state index is 0.189. The van der Waals surface area contributed by atoms with E-state index in [1.165, 1.54) is 19.3 Å². The minimum atomic E-state index is 0.189. The summed E-state index contributed by atoms with van der Waals surface area (Å²) in [7, 11) is 9.00. The lowest BCUT2D eigenvalue weighted by atomic mass is 9.92. The molecule has 1 heterocycles. The zero-order valence-electron chi connectivity index (χ0n) is 20.3. The van der Waals surface area contributed by atoms with Crippen molar-refractivity contribution in [3.63, 3.8) is 0 Å². The molecule has 0 amide bonds. The van der Waals surface area contributed by atoms with Crippen LogP contribution in [0, 0.1) is 0 Å². The fraction of sp³-hybridized carbons (Fsp3) is 0.500. The first kappa shape index (κ1) is 23.2. The van der Waals surface area contributed by atoms with Gasteiger partial charge in [0.15, 0.2) is 23.0 Å². The molecule has 0 atom stereocenters. The molecule has 7 nitrogen and oxygen atoms in total. The zero-order valence-corrected chi connectivity index (χ0v) is 20.3. The van der Waals surface area contributed by atoms with Gasteiger partial charge in [0.05, 0.1) is 21.3 Å². The zero-order chi connectivity index (χ0) is 23.4. The fourth-order valence-electron chi connectivity index (χ4n) is 4.71. The van der Waals surface area contributed by atoms with Crippen LogP contribution in [0.3, 0.4) is 0 Å². The van der Waals surface area contributed by atoms with Gasteiger partial charge in [0.2, 0.25) is 12.5 Å². The maximum Gasteiger partial charge on any atom is 0.231 e. The van der Waals surface area contributed by atoms with Crippen LogP contribution in [-0.2, 0) is 6.54 Å². The highest BCUT2D eigenvalue weighted by molar-refractivity contribution is 5.98. The Balaban J connectivity index is 1.97. The van der Waals surface area contributed by atoms with E-state index in [0.29, 0.717) is 29.0 Å². The van der Waals surface area contributed by atoms with Crippen molar-refractivity contribution in [1.82, 2.24) is 4.90 Å². The molecule has 4 rings (SSSR count). The summed E-state index contributed by atoms with van der Waals surface area (Å²) in [5.41, 5.74) is 3.80. The van der Waals surface area contributed by atoms with Gasteiger partial charge in [0.25, 0.3) is 0 Å². The Hall–Kier alpha value is -2.93. The number of rotatable bonds is 8. The quantitative estimate of drug-likeness (QED) is 0.528. The van der Waals surface area contributed by atoms with E-state index in [1.807, 2.05) is 32.4 Å². The highest BCUT2D eigenvalue weighted by Crippen LogP contribution is 2.52. The molecule has 1 aliphatic heterocycles. The second kappa shape index (κ2) is 10.3. The summed E-state index contributed by atoms with van der Waals surface area (Å²) >= 11 is 0. The molecule has 0 unspecified atom stereocenters. The highest BCUT2D eigenvalue weighted by atomic mass is 16.7. The Bertz CT molecular complexity index is 1010. The molecule has 1 aliphatic carbocycles. The molecule has 0 bridgehead atoms. The standard InChI is InChI=1S/C26H34N2O5/c1-28(2)15-17-11-12-20-24(33-16-32-20)22(17)23-18(14-27-19-9-7-6-8-10-19)13-21(29-3)25(30-4)26(23)31-5/h11-14,19H,6-10,15-16H2,1-5H3. The van der Waals surface area contributed by atoms with E-state index in [4.69, 9.17) is 28.7 Å². The van der Waals surface area contributed by atoms with Crippen molar-refractivity contribution in [2.45, 2.75) is 44.7 Å². The molecule has 178 valence electrons. The molecule has 1 saturated carbocycles. The van der Waals surface area contributed by atoms with E-state index in [0.717, 1.165) is 47.4 Å². The molecule has 0 N–H and O–H groups in total. The molecule has 2 aromatic rings. The van der Waals surface area contributed by atoms with E-state index in [2.05, 4.69) is 11.0 Å². The third-order valence-electron chi connectivity index (χ3n) is 6.22. The van der Waals surface area contributed by atoms with Crippen molar-refractivity contribution in [1.29, 1.82) is 0 Å². The van der Waals surface area contributed by atoms with Gasteiger partial charge in [-0.2, -0.15) is 0 Å². The Labute approximate surface area is 196 Å². The number of hydrogen-bond donors (Lipinski definition) is 0. The number of nitrogens with zero attached hydrogens (tertiary/aromatic N) is 2. The molecule has 0 saturated heterocycles. The van der Waals surface area contributed by atoms with Gasteiger partial charge in [-0.05, 0) is 44.6 Å². The highest BCUT2D eigenvalue weighted by Gasteiger charge is 2.29. The Morgan fingerprint density at radius 2 is 1.73 bits per heavy atom. The molecule has 2 aromatic carbocycles. The first-order valence-corrected chi connectivity index (χ1v) is 11.5. The number of fused-ring (bicyclic) bond motifs is 1. The van der Waals surface area contributed by atoms with Crippen LogP contribution in [0.15, 0.2) is 23.2 Å². The van der Waals surface area contributed by atoms with Crippen LogP contribution in [0.25, 0.3) is 11.1 Å². The van der Waals surface area contributed by atoms with Crippen molar-refractivity contribution in [2.75, 3.05) is 42.2 Å². The lowest BCUT2D eigenvalue weighted by molar-refractivity contribution is 0.174. The van der Waals surface area contributed by atoms with Gasteiger partial charge in [-0.25, -0.2) is 0 Å². The van der Waals surface area contributed by atoms with Gasteiger partial charge < -0.3 is 28.6 Å². The molecular weight excluding hydrogens is 420 g/mol. The van der Waals surface area contributed by atoms with Gasteiger partial charge >= 0.3 is 0 Å². The average Bonchev–Trinajstić information content (AvgIpc) is 3.31. The van der Waals surface area contributed by atoms with Crippen molar-refractivity contribution >= 4 is 6.21 Å². The Morgan fingerprint density at radius 1 is 0.970 bits per heavy atom. The Morgan fingerprint density at radius 3 is 2.39 bits per heavy atom. The predicted octanol–water partition coefficient (Wildman–Crippen LogP) is 4.92. The van der Waals surface area contributed by atoms with Crippen LogP contribution >= 0.6 is 0 Å². The summed E-state index contributed by atoms with van der Waals surface area (Å²) in [6.45, 7) is 0.914. The van der Waals surface area contributed by atoms with E-state index < -0.39 is 0 Å². The van der Waals surface area contributed by atoms with Crippen LogP contribution < -0.4 is 23.7 Å². The first-order valence-electron chi connectivity index (χ1n) is 11.5. The van der Waals surface area contributed by atoms with Gasteiger partial charge in [-0.1, -0.05) is 25.3 Å². The molecule has 0 spiro atoms. The largest absolute Gasteiger partial charge is 0.493 e. The summed E-state index contributed by atoms with van der Waals surface area (Å²) in [5, 5.41) is 0. The predicted molar refractivity (Wildman–Crippen MR) is 130 cm³/mol. The van der Waals surface area contributed by atoms with Crippen LogP contribution in [-0.4, -0.2) is 59.4 Å². The number of methoxy groups -OCH3 is 3. The number of hydrogen-bond acceptors (Lipinski definition) is 7. The SMILES string of the molecule is COc1cc(C=NC2CCCCC2)c(-c2c(CN(C)C)ccc3c2OCO3)c(OC)c1OC. The van der Waals surface area contributed by atoms with Gasteiger partial charge in [0, 0.05) is 35.5 Å². The third-order valence-corrected chi connectivity index (χ3v) is 6.22. The van der Waals surface area contributed by atoms with Gasteiger partial charge in [-0.15, -0.1) is 0 Å². The van der Waals surface area contributed by atoms with E-state index >= 15 is 0 Å². The molecule has 1 fully saturated rings. The van der Waals surface area contributed by atoms with Crippen LogP contribution in [0.5, 0.6) is 28.7 Å². The lowest BCUT2D eigenvalue weighted by Gasteiger charge is -2.23. The van der Waals surface area contributed by atoms with Crippen molar-refractivity contribution in [2.24, 2.45) is 4.99 Å². The van der Waals surface area contributed by atoms with Crippen molar-refractivity contribution in [3.8, 4) is 39.9 Å². The number of benzene rings is 2. The van der Waals surface area contributed by atoms with Crippen LogP contribution in [0.2, 0.25) is 0 Å². The maximum atomic E-state index is 5.97. The second-order valence-corrected chi connectivity index (χ2v) is 8.75. The van der Waals surface area contributed by atoms with Gasteiger partial charge in [-0.3, -0.25) is 4.99 Å². The van der Waals surface area contributed by atoms with Crippen molar-refractivity contribution < 1.29 is 23.7 Å². The van der Waals surface area contributed by atoms with Crippen molar-refractivity contribution in [3.05, 3.63) is 29.3 Å². The summed E-state index contributed by atoms with van der Waals surface area (Å²) in [4.78, 5) is 7.10. The normalized spacial score (nSPS) is 15.9. The molecule has 0 aromatic heterocycles. The summed E-state index contributed by atoms with van der Waals surface area (Å²) in [6.07, 6.45) is 7.97. The smallest absolute Gasteiger partial charge is 0.231 e. The minimum Gasteiger partial charge on any atom is -0.493 e. The van der Waals surface area contributed by atoms with Crippen LogP contribution in [0.4, 0.5) is 0 Å². The maximum absolute atomic E-state index is 5.97. The molecular formula is C26H34N2O5. The first-order chi connectivity index (χ1) is 16.1. The van der Waals surface area contributed by atoms with Crippen LogP contribution in [0.1, 0.15) is 43.2 Å². The molecule has 33 heavy (non-hydrogen) atoms. The molecule has 2 aliphatic rings. The fourth-order valence-corrected chi connectivity index (χ4v) is 4.71. The van der Waals surface area contributed by atoms with Gasteiger partial charge in [0.1, 0.15) is 0 Å². The van der Waals surface area contributed by atoms with E-state index in [9.17, 15) is 0 Å². The number of ether oxygens (including phenoxy) is 5. The van der Waals surface area contributed by atoms with E-state index in [-0.39, 0.29) is 6.79 Å². The molecule has 7 heteroatoms. The summed E-state index contributed by atoms with van der Waals surface area (Å²) in [5.74, 6) is 3.16. The Kier molecular flexibility index (Phi) is 7.28. The summed E-state index contributed by atoms with van der Waals surface area (Å²) < 4.78 is 29.0. The van der Waals surface area contributed by atoms with E-state index in [1.54, 1.807) is 21.3 Å².